The summed E-state index contributed by atoms with van der Waals surface area (Å²) in [6.45, 7) is 1.85. The van der Waals surface area contributed by atoms with Gasteiger partial charge in [0.15, 0.2) is 0 Å². The molecule has 0 amide bonds. The molecule has 0 N–H and O–H groups in total. The first kappa shape index (κ1) is 16.9. The summed E-state index contributed by atoms with van der Waals surface area (Å²) < 4.78 is 6.42. The predicted molar refractivity (Wildman–Crippen MR) is 96.8 cm³/mol. The van der Waals surface area contributed by atoms with Crippen LogP contribution in [0.1, 0.15) is 22.6 Å². The molecular formula is C18H19BrN2O3. The second-order valence-electron chi connectivity index (χ2n) is 6.10. The molecule has 0 saturated carbocycles. The zero-order valence-electron chi connectivity index (χ0n) is 13.7. The Bertz CT molecular complexity index is 762. The van der Waals surface area contributed by atoms with E-state index in [4.69, 9.17) is 4.74 Å². The zero-order valence-corrected chi connectivity index (χ0v) is 15.2. The maximum atomic E-state index is 10.9. The van der Waals surface area contributed by atoms with Crippen molar-refractivity contribution in [1.29, 1.82) is 0 Å². The summed E-state index contributed by atoms with van der Waals surface area (Å²) in [7, 11) is 3.77. The van der Waals surface area contributed by atoms with Crippen LogP contribution in [0.25, 0.3) is 0 Å². The maximum absolute atomic E-state index is 10.9. The average Bonchev–Trinajstić information content (AvgIpc) is 2.73. The van der Waals surface area contributed by atoms with E-state index in [9.17, 15) is 10.1 Å². The molecule has 1 aliphatic heterocycles. The summed E-state index contributed by atoms with van der Waals surface area (Å²) in [5.41, 5.74) is 3.72. The molecule has 0 spiro atoms. The van der Waals surface area contributed by atoms with E-state index in [1.165, 1.54) is 11.1 Å². The fourth-order valence-electron chi connectivity index (χ4n) is 3.23. The van der Waals surface area contributed by atoms with Crippen molar-refractivity contribution in [2.24, 2.45) is 0 Å². The number of hydrogen-bond acceptors (Lipinski definition) is 4. The maximum Gasteiger partial charge on any atom is 0.269 e. The summed E-state index contributed by atoms with van der Waals surface area (Å²) in [5.74, 6) is 0.973. The molecule has 126 valence electrons. The van der Waals surface area contributed by atoms with E-state index < -0.39 is 0 Å². The highest BCUT2D eigenvalue weighted by Crippen LogP contribution is 2.37. The number of fused-ring (bicyclic) bond motifs is 1. The highest BCUT2D eigenvalue weighted by Gasteiger charge is 2.25. The Kier molecular flexibility index (Phi) is 4.87. The van der Waals surface area contributed by atoms with E-state index in [1.54, 1.807) is 19.2 Å². The van der Waals surface area contributed by atoms with Crippen LogP contribution in [0.5, 0.6) is 5.75 Å². The quantitative estimate of drug-likeness (QED) is 0.587. The topological polar surface area (TPSA) is 55.6 Å². The van der Waals surface area contributed by atoms with E-state index >= 15 is 0 Å². The largest absolute Gasteiger partial charge is 0.496 e. The molecule has 1 heterocycles. The van der Waals surface area contributed by atoms with Crippen molar-refractivity contribution in [2.45, 2.75) is 12.3 Å². The SMILES string of the molecule is COc1cc2c(cc1Br)CCN(C)CC2c1ccc([N+](=O)[O-])cc1. The summed E-state index contributed by atoms with van der Waals surface area (Å²) in [4.78, 5) is 12.8. The van der Waals surface area contributed by atoms with Crippen molar-refractivity contribution < 1.29 is 9.66 Å². The van der Waals surface area contributed by atoms with E-state index in [-0.39, 0.29) is 16.5 Å². The minimum absolute atomic E-state index is 0.120. The van der Waals surface area contributed by atoms with E-state index in [0.717, 1.165) is 35.3 Å². The number of likely N-dealkylation sites (N-methyl/N-ethyl adjacent to an activating group) is 1. The number of non-ortho nitro benzene ring substituents is 1. The first-order chi connectivity index (χ1) is 11.5. The van der Waals surface area contributed by atoms with Gasteiger partial charge in [0.2, 0.25) is 0 Å². The number of hydrogen-bond donors (Lipinski definition) is 0. The highest BCUT2D eigenvalue weighted by molar-refractivity contribution is 9.10. The van der Waals surface area contributed by atoms with Crippen LogP contribution in [0, 0.1) is 10.1 Å². The summed E-state index contributed by atoms with van der Waals surface area (Å²) in [6.07, 6.45) is 0.970. The van der Waals surface area contributed by atoms with Gasteiger partial charge in [-0.1, -0.05) is 12.1 Å². The summed E-state index contributed by atoms with van der Waals surface area (Å²) >= 11 is 3.56. The minimum atomic E-state index is -0.364. The Labute approximate surface area is 149 Å². The zero-order chi connectivity index (χ0) is 17.3. The van der Waals surface area contributed by atoms with Crippen molar-refractivity contribution >= 4 is 21.6 Å². The first-order valence-electron chi connectivity index (χ1n) is 7.78. The van der Waals surface area contributed by atoms with Crippen LogP contribution in [0.3, 0.4) is 0 Å². The van der Waals surface area contributed by atoms with Crippen LogP contribution < -0.4 is 4.74 Å². The van der Waals surface area contributed by atoms with Gasteiger partial charge in [0.25, 0.3) is 5.69 Å². The smallest absolute Gasteiger partial charge is 0.269 e. The Morgan fingerprint density at radius 1 is 1.29 bits per heavy atom. The molecule has 24 heavy (non-hydrogen) atoms. The lowest BCUT2D eigenvalue weighted by Gasteiger charge is -2.22. The average molecular weight is 391 g/mol. The van der Waals surface area contributed by atoms with Gasteiger partial charge in [-0.25, -0.2) is 0 Å². The van der Waals surface area contributed by atoms with Gasteiger partial charge in [0.05, 0.1) is 16.5 Å². The predicted octanol–water partition coefficient (Wildman–Crippen LogP) is 3.99. The van der Waals surface area contributed by atoms with Crippen LogP contribution in [0.15, 0.2) is 40.9 Å². The highest BCUT2D eigenvalue weighted by atomic mass is 79.9. The lowest BCUT2D eigenvalue weighted by atomic mass is 9.88. The molecule has 1 aliphatic rings. The first-order valence-corrected chi connectivity index (χ1v) is 8.58. The Morgan fingerprint density at radius 3 is 2.62 bits per heavy atom. The summed E-state index contributed by atoms with van der Waals surface area (Å²) in [5, 5.41) is 10.9. The van der Waals surface area contributed by atoms with Crippen LogP contribution in [-0.4, -0.2) is 37.1 Å². The van der Waals surface area contributed by atoms with Gasteiger partial charge < -0.3 is 9.64 Å². The molecule has 0 bridgehead atoms. The van der Waals surface area contributed by atoms with Crippen molar-refractivity contribution in [3.05, 3.63) is 67.7 Å². The fraction of sp³-hybridized carbons (Fsp3) is 0.333. The van der Waals surface area contributed by atoms with Crippen LogP contribution in [0.2, 0.25) is 0 Å². The third-order valence-corrected chi connectivity index (χ3v) is 5.17. The monoisotopic (exact) mass is 390 g/mol. The van der Waals surface area contributed by atoms with Crippen molar-refractivity contribution in [3.8, 4) is 5.75 Å². The van der Waals surface area contributed by atoms with Gasteiger partial charge in [-0.3, -0.25) is 10.1 Å². The van der Waals surface area contributed by atoms with Gasteiger partial charge in [-0.15, -0.1) is 0 Å². The molecule has 0 fully saturated rings. The third kappa shape index (κ3) is 3.30. The second-order valence-corrected chi connectivity index (χ2v) is 6.95. The Hall–Kier alpha value is -1.92. The minimum Gasteiger partial charge on any atom is -0.496 e. The van der Waals surface area contributed by atoms with Gasteiger partial charge in [-0.05, 0) is 58.2 Å². The molecule has 2 aromatic rings. The van der Waals surface area contributed by atoms with Crippen LogP contribution in [-0.2, 0) is 6.42 Å². The standard InChI is InChI=1S/C18H19BrN2O3/c1-20-8-7-13-9-17(19)18(24-2)10-15(13)16(11-20)12-3-5-14(6-4-12)21(22)23/h3-6,9-10,16H,7-8,11H2,1-2H3. The third-order valence-electron chi connectivity index (χ3n) is 4.55. The number of ether oxygens (including phenoxy) is 1. The molecule has 1 atom stereocenters. The van der Waals surface area contributed by atoms with Crippen molar-refractivity contribution in [3.63, 3.8) is 0 Å². The van der Waals surface area contributed by atoms with Crippen molar-refractivity contribution in [1.82, 2.24) is 4.90 Å². The number of nitro groups is 1. The Morgan fingerprint density at radius 2 is 2.00 bits per heavy atom. The molecule has 3 rings (SSSR count). The fourth-order valence-corrected chi connectivity index (χ4v) is 3.79. The molecule has 0 radical (unpaired) electrons. The lowest BCUT2D eigenvalue weighted by Crippen LogP contribution is -2.24. The van der Waals surface area contributed by atoms with E-state index in [2.05, 4.69) is 40.0 Å². The van der Waals surface area contributed by atoms with Crippen LogP contribution >= 0.6 is 15.9 Å². The number of nitrogens with zero attached hydrogens (tertiary/aromatic N) is 2. The molecule has 2 aromatic carbocycles. The number of rotatable bonds is 3. The van der Waals surface area contributed by atoms with Crippen molar-refractivity contribution in [2.75, 3.05) is 27.2 Å². The van der Waals surface area contributed by atoms with E-state index in [1.807, 2.05) is 12.1 Å². The molecule has 0 aliphatic carbocycles. The molecule has 0 saturated heterocycles. The van der Waals surface area contributed by atoms with Gasteiger partial charge in [0, 0.05) is 31.1 Å². The van der Waals surface area contributed by atoms with Crippen LogP contribution in [0.4, 0.5) is 5.69 Å². The molecule has 0 aromatic heterocycles. The molecule has 6 heteroatoms. The molecular weight excluding hydrogens is 372 g/mol. The number of methoxy groups -OCH3 is 1. The van der Waals surface area contributed by atoms with Gasteiger partial charge >= 0.3 is 0 Å². The second kappa shape index (κ2) is 6.91. The number of nitro benzene ring substituents is 1. The molecule has 5 nitrogen and oxygen atoms in total. The number of halogens is 1. The lowest BCUT2D eigenvalue weighted by molar-refractivity contribution is -0.384. The van der Waals surface area contributed by atoms with E-state index in [0.29, 0.717) is 0 Å². The summed E-state index contributed by atoms with van der Waals surface area (Å²) in [6, 6.07) is 11.1. The van der Waals surface area contributed by atoms with Gasteiger partial charge in [-0.2, -0.15) is 0 Å². The number of benzene rings is 2. The normalized spacial score (nSPS) is 17.9. The van der Waals surface area contributed by atoms with Gasteiger partial charge in [0.1, 0.15) is 5.75 Å². The molecule has 1 unspecified atom stereocenters. The Balaban J connectivity index is 2.07.